The van der Waals surface area contributed by atoms with Gasteiger partial charge in [0.15, 0.2) is 0 Å². The summed E-state index contributed by atoms with van der Waals surface area (Å²) >= 11 is 0. The minimum Gasteiger partial charge on any atom is -0.355 e. The topological polar surface area (TPSA) is 120 Å². The van der Waals surface area contributed by atoms with Gasteiger partial charge < -0.3 is 26.2 Å². The Bertz CT molecular complexity index is 1180. The van der Waals surface area contributed by atoms with Gasteiger partial charge in [-0.3, -0.25) is 19.2 Å². The third-order valence-corrected chi connectivity index (χ3v) is 8.93. The summed E-state index contributed by atoms with van der Waals surface area (Å²) in [6.07, 6.45) is 6.07. The van der Waals surface area contributed by atoms with E-state index in [1.165, 1.54) is 0 Å². The molecule has 9 nitrogen and oxygen atoms in total. The highest BCUT2D eigenvalue weighted by Gasteiger charge is 2.42. The van der Waals surface area contributed by atoms with Gasteiger partial charge in [0.05, 0.1) is 6.04 Å². The van der Waals surface area contributed by atoms with E-state index in [2.05, 4.69) is 21.3 Å². The van der Waals surface area contributed by atoms with E-state index in [4.69, 9.17) is 0 Å². The molecule has 1 heterocycles. The summed E-state index contributed by atoms with van der Waals surface area (Å²) in [5.74, 6) is -1.47. The number of nitrogens with one attached hydrogen (secondary N) is 4. The molecule has 3 unspecified atom stereocenters. The number of hydrogen-bond acceptors (Lipinski definition) is 5. The molecule has 1 saturated heterocycles. The maximum atomic E-state index is 14.1. The molecule has 43 heavy (non-hydrogen) atoms. The van der Waals surface area contributed by atoms with Crippen molar-refractivity contribution in [2.75, 3.05) is 20.1 Å². The molecule has 4 atom stereocenters. The quantitative estimate of drug-likeness (QED) is 0.303. The molecule has 0 spiro atoms. The second kappa shape index (κ2) is 15.7. The van der Waals surface area contributed by atoms with E-state index in [-0.39, 0.29) is 29.5 Å². The third kappa shape index (κ3) is 8.02. The van der Waals surface area contributed by atoms with Crippen molar-refractivity contribution in [1.82, 2.24) is 26.2 Å². The Hall–Kier alpha value is -3.72. The van der Waals surface area contributed by atoms with Crippen molar-refractivity contribution >= 4 is 23.6 Å². The Morgan fingerprint density at radius 2 is 1.42 bits per heavy atom. The van der Waals surface area contributed by atoms with Crippen molar-refractivity contribution in [1.29, 1.82) is 0 Å². The van der Waals surface area contributed by atoms with E-state index in [1.807, 2.05) is 67.6 Å². The molecular formula is C34H47N5O4. The first kappa shape index (κ1) is 32.2. The third-order valence-electron chi connectivity index (χ3n) is 8.93. The van der Waals surface area contributed by atoms with Crippen LogP contribution in [-0.2, 0) is 19.2 Å². The molecule has 2 aromatic rings. The molecule has 4 rings (SSSR count). The molecular weight excluding hydrogens is 542 g/mol. The Morgan fingerprint density at radius 1 is 0.814 bits per heavy atom. The summed E-state index contributed by atoms with van der Waals surface area (Å²) < 4.78 is 0. The predicted octanol–water partition coefficient (Wildman–Crippen LogP) is 3.10. The molecule has 4 amide bonds. The van der Waals surface area contributed by atoms with Crippen LogP contribution in [0.5, 0.6) is 0 Å². The van der Waals surface area contributed by atoms with Crippen LogP contribution in [-0.4, -0.2) is 72.8 Å². The number of nitrogens with zero attached hydrogens (tertiary/aromatic N) is 1. The molecule has 1 aliphatic heterocycles. The lowest BCUT2D eigenvalue weighted by Crippen LogP contribution is -2.59. The van der Waals surface area contributed by atoms with Crippen LogP contribution in [0, 0.1) is 5.92 Å². The van der Waals surface area contributed by atoms with Crippen molar-refractivity contribution in [3.8, 4) is 0 Å². The fourth-order valence-corrected chi connectivity index (χ4v) is 6.47. The second-order valence-corrected chi connectivity index (χ2v) is 11.8. The van der Waals surface area contributed by atoms with Gasteiger partial charge in [0, 0.05) is 19.0 Å². The Kier molecular flexibility index (Phi) is 11.7. The summed E-state index contributed by atoms with van der Waals surface area (Å²) in [4.78, 5) is 56.3. The Balaban J connectivity index is 1.61. The summed E-state index contributed by atoms with van der Waals surface area (Å²) in [5.41, 5.74) is 1.81. The number of hydrogen-bond donors (Lipinski definition) is 4. The lowest BCUT2D eigenvalue weighted by atomic mass is 9.83. The van der Waals surface area contributed by atoms with Gasteiger partial charge in [-0.15, -0.1) is 0 Å². The zero-order valence-corrected chi connectivity index (χ0v) is 25.7. The van der Waals surface area contributed by atoms with Gasteiger partial charge in [0.25, 0.3) is 0 Å². The highest BCUT2D eigenvalue weighted by atomic mass is 16.2. The summed E-state index contributed by atoms with van der Waals surface area (Å²) in [7, 11) is 1.71. The van der Waals surface area contributed by atoms with Crippen molar-refractivity contribution in [3.63, 3.8) is 0 Å². The van der Waals surface area contributed by atoms with Crippen LogP contribution in [0.25, 0.3) is 0 Å². The van der Waals surface area contributed by atoms with Crippen LogP contribution in [0.15, 0.2) is 60.7 Å². The first-order valence-electron chi connectivity index (χ1n) is 15.8. The van der Waals surface area contributed by atoms with Gasteiger partial charge >= 0.3 is 0 Å². The number of rotatable bonds is 12. The van der Waals surface area contributed by atoms with Gasteiger partial charge in [-0.25, -0.2) is 0 Å². The smallest absolute Gasteiger partial charge is 0.246 e. The van der Waals surface area contributed by atoms with Gasteiger partial charge in [0.1, 0.15) is 18.1 Å². The van der Waals surface area contributed by atoms with Crippen molar-refractivity contribution in [2.24, 2.45) is 5.92 Å². The fourth-order valence-electron chi connectivity index (χ4n) is 6.47. The van der Waals surface area contributed by atoms with E-state index < -0.39 is 30.1 Å². The van der Waals surface area contributed by atoms with Gasteiger partial charge in [-0.2, -0.15) is 0 Å². The van der Waals surface area contributed by atoms with Crippen LogP contribution in [0.3, 0.4) is 0 Å². The van der Waals surface area contributed by atoms with E-state index in [9.17, 15) is 19.2 Å². The number of carbonyl (C=O) groups is 4. The van der Waals surface area contributed by atoms with Crippen LogP contribution in [0.1, 0.15) is 75.8 Å². The number of likely N-dealkylation sites (tertiary alicyclic amines) is 1. The molecule has 0 bridgehead atoms. The van der Waals surface area contributed by atoms with E-state index in [0.29, 0.717) is 25.9 Å². The average molecular weight is 590 g/mol. The van der Waals surface area contributed by atoms with Crippen LogP contribution in [0.2, 0.25) is 0 Å². The number of benzene rings is 2. The van der Waals surface area contributed by atoms with E-state index in [0.717, 1.165) is 43.2 Å². The van der Waals surface area contributed by atoms with E-state index in [1.54, 1.807) is 18.9 Å². The highest BCUT2D eigenvalue weighted by molar-refractivity contribution is 5.95. The highest BCUT2D eigenvalue weighted by Crippen LogP contribution is 2.31. The van der Waals surface area contributed by atoms with Crippen molar-refractivity contribution in [2.45, 2.75) is 88.9 Å². The lowest BCUT2D eigenvalue weighted by molar-refractivity contribution is -0.143. The fraction of sp³-hybridized carbons (Fsp3) is 0.529. The minimum absolute atomic E-state index is 0.0298. The second-order valence-electron chi connectivity index (χ2n) is 11.8. The number of likely N-dealkylation sites (N-methyl/N-ethyl adjacent to an activating group) is 2. The Morgan fingerprint density at radius 3 is 1.98 bits per heavy atom. The largest absolute Gasteiger partial charge is 0.355 e. The van der Waals surface area contributed by atoms with Crippen LogP contribution >= 0.6 is 0 Å². The van der Waals surface area contributed by atoms with Gasteiger partial charge in [-0.1, -0.05) is 79.9 Å². The number of carbonyl (C=O) groups excluding carboxylic acids is 4. The monoisotopic (exact) mass is 589 g/mol. The molecule has 9 heteroatoms. The molecule has 2 fully saturated rings. The average Bonchev–Trinajstić information content (AvgIpc) is 3.54. The zero-order chi connectivity index (χ0) is 30.8. The molecule has 232 valence electrons. The SMILES string of the molecule is CCNC(=O)C(NC(=O)C1CCCN1C(=O)C(NC(=O)[C@H](C)NC)C1CCCCC1)C(c1ccccc1)c1ccccc1. The predicted molar refractivity (Wildman–Crippen MR) is 167 cm³/mol. The summed E-state index contributed by atoms with van der Waals surface area (Å²) in [6, 6.07) is 16.7. The van der Waals surface area contributed by atoms with Gasteiger partial charge in [0.2, 0.25) is 23.6 Å². The maximum absolute atomic E-state index is 14.1. The molecule has 0 radical (unpaired) electrons. The Labute approximate surface area is 255 Å². The normalized spacial score (nSPS) is 19.3. The summed E-state index contributed by atoms with van der Waals surface area (Å²) in [6.45, 7) is 4.47. The van der Waals surface area contributed by atoms with Crippen LogP contribution in [0.4, 0.5) is 0 Å². The molecule has 4 N–H and O–H groups in total. The standard InChI is InChI=1S/C34H47N5O4/c1-4-36-33(42)30(28(24-15-8-5-9-16-24)25-17-10-6-11-18-25)38-32(41)27-21-14-22-39(27)34(43)29(26-19-12-7-13-20-26)37-31(40)23(2)35-3/h5-6,8-11,15-18,23,26-30,35H,4,7,12-14,19-22H2,1-3H3,(H,36,42)(H,37,40)(H,38,41)/t23-,27?,29?,30?/m0/s1. The molecule has 0 aromatic heterocycles. The molecule has 1 saturated carbocycles. The number of amides is 4. The first-order chi connectivity index (χ1) is 20.8. The summed E-state index contributed by atoms with van der Waals surface area (Å²) in [5, 5.41) is 11.9. The van der Waals surface area contributed by atoms with Crippen LogP contribution < -0.4 is 21.3 Å². The molecule has 2 aromatic carbocycles. The first-order valence-corrected chi connectivity index (χ1v) is 15.8. The molecule has 2 aliphatic rings. The van der Waals surface area contributed by atoms with E-state index >= 15 is 0 Å². The maximum Gasteiger partial charge on any atom is 0.246 e. The van der Waals surface area contributed by atoms with Crippen molar-refractivity contribution in [3.05, 3.63) is 71.8 Å². The zero-order valence-electron chi connectivity index (χ0n) is 25.7. The van der Waals surface area contributed by atoms with Gasteiger partial charge in [-0.05, 0) is 63.6 Å². The van der Waals surface area contributed by atoms with Crippen molar-refractivity contribution < 1.29 is 19.2 Å². The minimum atomic E-state index is -0.889. The lowest BCUT2D eigenvalue weighted by Gasteiger charge is -2.36. The molecule has 1 aliphatic carbocycles.